The number of anilines is 2. The van der Waals surface area contributed by atoms with Crippen molar-refractivity contribution in [3.8, 4) is 0 Å². The molecule has 4 rings (SSSR count). The van der Waals surface area contributed by atoms with Gasteiger partial charge < -0.3 is 30.7 Å². The van der Waals surface area contributed by atoms with Gasteiger partial charge in [0.05, 0.1) is 6.04 Å². The summed E-state index contributed by atoms with van der Waals surface area (Å²) >= 11 is 0. The number of aliphatic carboxylic acids is 1. The zero-order valence-corrected chi connectivity index (χ0v) is 22.4. The summed E-state index contributed by atoms with van der Waals surface area (Å²) in [7, 11) is 0. The van der Waals surface area contributed by atoms with Crippen LogP contribution in [0.5, 0.6) is 0 Å². The third kappa shape index (κ3) is 9.88. The molecule has 0 spiro atoms. The lowest BCUT2D eigenvalue weighted by Gasteiger charge is -2.21. The minimum Gasteiger partial charge on any atom is -0.475 e. The maximum atomic E-state index is 12.3. The van der Waals surface area contributed by atoms with Crippen molar-refractivity contribution in [3.63, 3.8) is 0 Å². The molecule has 4 N–H and O–H groups in total. The standard InChI is InChI=1S/C15H20N2O3.C10H12N2O.C2HF3O2/c1-15(2,3)20-14(19)16-12-9-10-17(13(12)18)11-7-5-4-6-8-11;11-9-6-7-12(10(9)13)8-4-2-1-3-5-8;3-2(4,5)1(6)7/h4-8,12H,9-10H2,1-3H3,(H,16,19);1-5,9H,6-7,11H2;(H,6,7)/t12-;9-;/m11./s1. The van der Waals surface area contributed by atoms with Crippen LogP contribution in [-0.2, 0) is 19.1 Å². The summed E-state index contributed by atoms with van der Waals surface area (Å²) in [4.78, 5) is 47.8. The van der Waals surface area contributed by atoms with E-state index in [0.717, 1.165) is 24.3 Å². The first-order chi connectivity index (χ1) is 18.6. The summed E-state index contributed by atoms with van der Waals surface area (Å²) in [6, 6.07) is 18.3. The molecule has 3 amide bonds. The number of halogens is 3. The number of benzene rings is 2. The van der Waals surface area contributed by atoms with Gasteiger partial charge in [-0.25, -0.2) is 9.59 Å². The normalized spacial score (nSPS) is 18.8. The van der Waals surface area contributed by atoms with Crippen molar-refractivity contribution in [2.24, 2.45) is 5.73 Å². The zero-order valence-electron chi connectivity index (χ0n) is 22.4. The smallest absolute Gasteiger partial charge is 0.475 e. The SMILES string of the molecule is CC(C)(C)OC(=O)N[C@@H]1CCN(c2ccccc2)C1=O.N[C@@H]1CCN(c2ccccc2)C1=O.O=C(O)C(F)(F)F. The number of nitrogens with two attached hydrogens (primary N) is 1. The molecule has 218 valence electrons. The topological polar surface area (TPSA) is 142 Å². The Hall–Kier alpha value is -4.13. The molecule has 2 fully saturated rings. The van der Waals surface area contributed by atoms with Crippen molar-refractivity contribution in [1.29, 1.82) is 0 Å². The average Bonchev–Trinajstić information content (AvgIpc) is 3.40. The Labute approximate surface area is 229 Å². The van der Waals surface area contributed by atoms with E-state index in [-0.39, 0.29) is 17.9 Å². The zero-order chi connectivity index (χ0) is 30.1. The quantitative estimate of drug-likeness (QED) is 0.514. The van der Waals surface area contributed by atoms with Gasteiger partial charge in [0.15, 0.2) is 0 Å². The number of carbonyl (C=O) groups excluding carboxylic acids is 3. The highest BCUT2D eigenvalue weighted by Gasteiger charge is 2.38. The number of carboxylic acids is 1. The highest BCUT2D eigenvalue weighted by molar-refractivity contribution is 6.01. The molecule has 2 heterocycles. The van der Waals surface area contributed by atoms with E-state index in [1.807, 2.05) is 60.7 Å². The van der Waals surface area contributed by atoms with Gasteiger partial charge in [0, 0.05) is 24.5 Å². The molecule has 0 radical (unpaired) electrons. The van der Waals surface area contributed by atoms with Gasteiger partial charge in [0.25, 0.3) is 0 Å². The Balaban J connectivity index is 0.000000239. The summed E-state index contributed by atoms with van der Waals surface area (Å²) < 4.78 is 36.9. The summed E-state index contributed by atoms with van der Waals surface area (Å²) in [6.45, 7) is 6.71. The maximum absolute atomic E-state index is 12.3. The van der Waals surface area contributed by atoms with Gasteiger partial charge in [-0.3, -0.25) is 9.59 Å². The number of hydrogen-bond acceptors (Lipinski definition) is 6. The first kappa shape index (κ1) is 32.1. The number of ether oxygens (including phenoxy) is 1. The second-order valence-electron chi connectivity index (χ2n) is 9.84. The number of rotatable bonds is 3. The second-order valence-corrected chi connectivity index (χ2v) is 9.84. The monoisotopic (exact) mass is 566 g/mol. The fourth-order valence-corrected chi connectivity index (χ4v) is 3.69. The number of alkyl carbamates (subject to hydrolysis) is 1. The van der Waals surface area contributed by atoms with Crippen LogP contribution < -0.4 is 20.9 Å². The number of carboxylic acid groups (broad SMARTS) is 1. The third-order valence-electron chi connectivity index (χ3n) is 5.52. The number of nitrogens with zero attached hydrogens (tertiary/aromatic N) is 2. The van der Waals surface area contributed by atoms with E-state index in [2.05, 4.69) is 5.32 Å². The van der Waals surface area contributed by atoms with E-state index in [1.165, 1.54) is 0 Å². The molecule has 2 aromatic rings. The summed E-state index contributed by atoms with van der Waals surface area (Å²) in [5.74, 6) is -2.82. The predicted molar refractivity (Wildman–Crippen MR) is 142 cm³/mol. The minimum atomic E-state index is -5.08. The van der Waals surface area contributed by atoms with E-state index < -0.39 is 29.9 Å². The fourth-order valence-electron chi connectivity index (χ4n) is 3.69. The Morgan fingerprint density at radius 1 is 0.875 bits per heavy atom. The predicted octanol–water partition coefficient (Wildman–Crippen LogP) is 3.70. The first-order valence-electron chi connectivity index (χ1n) is 12.4. The number of amides is 3. The number of nitrogens with one attached hydrogen (secondary N) is 1. The van der Waals surface area contributed by atoms with Crippen molar-refractivity contribution in [2.75, 3.05) is 22.9 Å². The van der Waals surface area contributed by atoms with Crippen LogP contribution in [0.4, 0.5) is 29.3 Å². The van der Waals surface area contributed by atoms with Crippen LogP contribution in [0.1, 0.15) is 33.6 Å². The number of alkyl halides is 3. The van der Waals surface area contributed by atoms with E-state index in [1.54, 1.807) is 30.6 Å². The van der Waals surface area contributed by atoms with E-state index in [0.29, 0.717) is 13.0 Å². The lowest BCUT2D eigenvalue weighted by Crippen LogP contribution is -2.43. The first-order valence-corrected chi connectivity index (χ1v) is 12.4. The van der Waals surface area contributed by atoms with E-state index in [9.17, 15) is 27.6 Å². The molecule has 0 aromatic heterocycles. The van der Waals surface area contributed by atoms with Crippen LogP contribution in [0.2, 0.25) is 0 Å². The summed E-state index contributed by atoms with van der Waals surface area (Å²) in [5.41, 5.74) is 6.85. The van der Waals surface area contributed by atoms with Gasteiger partial charge >= 0.3 is 18.2 Å². The van der Waals surface area contributed by atoms with Gasteiger partial charge in [-0.05, 0) is 57.9 Å². The molecular weight excluding hydrogens is 533 g/mol. The Morgan fingerprint density at radius 3 is 1.68 bits per heavy atom. The number of para-hydroxylation sites is 2. The van der Waals surface area contributed by atoms with Crippen LogP contribution in [0, 0.1) is 0 Å². The van der Waals surface area contributed by atoms with E-state index >= 15 is 0 Å². The van der Waals surface area contributed by atoms with Crippen molar-refractivity contribution < 1.29 is 42.2 Å². The lowest BCUT2D eigenvalue weighted by molar-refractivity contribution is -0.192. The highest BCUT2D eigenvalue weighted by atomic mass is 19.4. The summed E-state index contributed by atoms with van der Waals surface area (Å²) in [6.07, 6.45) is -4.29. The highest BCUT2D eigenvalue weighted by Crippen LogP contribution is 2.22. The largest absolute Gasteiger partial charge is 0.490 e. The van der Waals surface area contributed by atoms with Crippen LogP contribution in [0.3, 0.4) is 0 Å². The molecule has 2 atom stereocenters. The van der Waals surface area contributed by atoms with Gasteiger partial charge in [0.2, 0.25) is 11.8 Å². The number of carbonyl (C=O) groups is 4. The summed E-state index contributed by atoms with van der Waals surface area (Å²) in [5, 5.41) is 9.76. The molecule has 0 saturated carbocycles. The molecule has 0 aliphatic carbocycles. The minimum absolute atomic E-state index is 0.0335. The molecule has 10 nitrogen and oxygen atoms in total. The van der Waals surface area contributed by atoms with Gasteiger partial charge in [-0.2, -0.15) is 13.2 Å². The lowest BCUT2D eigenvalue weighted by atomic mass is 10.2. The van der Waals surface area contributed by atoms with Crippen molar-refractivity contribution in [3.05, 3.63) is 60.7 Å². The van der Waals surface area contributed by atoms with Crippen LogP contribution in [-0.4, -0.2) is 65.9 Å². The molecule has 0 bridgehead atoms. The molecule has 2 saturated heterocycles. The average molecular weight is 567 g/mol. The Morgan fingerprint density at radius 2 is 1.30 bits per heavy atom. The molecular formula is C27H33F3N4O6. The van der Waals surface area contributed by atoms with Crippen molar-refractivity contribution in [2.45, 2.75) is 57.5 Å². The Kier molecular flexibility index (Phi) is 11.1. The van der Waals surface area contributed by atoms with Crippen LogP contribution >= 0.6 is 0 Å². The number of hydrogen-bond donors (Lipinski definition) is 3. The third-order valence-corrected chi connectivity index (χ3v) is 5.52. The van der Waals surface area contributed by atoms with Gasteiger partial charge in [0.1, 0.15) is 11.6 Å². The molecule has 2 aliphatic rings. The van der Waals surface area contributed by atoms with Crippen molar-refractivity contribution >= 4 is 35.3 Å². The van der Waals surface area contributed by atoms with Gasteiger partial charge in [-0.15, -0.1) is 0 Å². The van der Waals surface area contributed by atoms with Crippen LogP contribution in [0.15, 0.2) is 60.7 Å². The Bertz CT molecular complexity index is 1160. The van der Waals surface area contributed by atoms with E-state index in [4.69, 9.17) is 20.4 Å². The maximum Gasteiger partial charge on any atom is 0.490 e. The fraction of sp³-hybridized carbons (Fsp3) is 0.407. The molecule has 13 heteroatoms. The molecule has 2 aliphatic heterocycles. The molecule has 0 unspecified atom stereocenters. The van der Waals surface area contributed by atoms with Crippen molar-refractivity contribution in [1.82, 2.24) is 5.32 Å². The van der Waals surface area contributed by atoms with Crippen LogP contribution in [0.25, 0.3) is 0 Å². The molecule has 2 aromatic carbocycles. The molecule has 40 heavy (non-hydrogen) atoms. The second kappa shape index (κ2) is 13.8. The van der Waals surface area contributed by atoms with Gasteiger partial charge in [-0.1, -0.05) is 36.4 Å².